The molecule has 0 fully saturated rings. The number of benzene rings is 1. The number of hydrazine groups is 1. The predicted molar refractivity (Wildman–Crippen MR) is 72.1 cm³/mol. The summed E-state index contributed by atoms with van der Waals surface area (Å²) in [5.74, 6) is 5.58. The fourth-order valence-electron chi connectivity index (χ4n) is 1.68. The molecule has 3 nitrogen and oxygen atoms in total. The molecule has 0 aliphatic carbocycles. The van der Waals surface area contributed by atoms with Crippen molar-refractivity contribution in [3.05, 3.63) is 51.4 Å². The molecule has 1 atom stereocenters. The second-order valence-corrected chi connectivity index (χ2v) is 5.27. The van der Waals surface area contributed by atoms with Crippen molar-refractivity contribution in [3.63, 3.8) is 0 Å². The topological polar surface area (TPSA) is 50.9 Å². The monoisotopic (exact) mass is 267 g/mol. The maximum Gasteiger partial charge on any atom is 0.0794 e. The molecule has 17 heavy (non-hydrogen) atoms. The van der Waals surface area contributed by atoms with Gasteiger partial charge in [0.2, 0.25) is 0 Å². The van der Waals surface area contributed by atoms with Gasteiger partial charge < -0.3 is 0 Å². The van der Waals surface area contributed by atoms with E-state index < -0.39 is 0 Å². The summed E-state index contributed by atoms with van der Waals surface area (Å²) in [7, 11) is 0. The molecule has 0 amide bonds. The summed E-state index contributed by atoms with van der Waals surface area (Å²) in [5, 5.41) is 0.758. The van der Waals surface area contributed by atoms with E-state index in [4.69, 9.17) is 17.4 Å². The molecule has 0 aliphatic rings. The third kappa shape index (κ3) is 3.78. The summed E-state index contributed by atoms with van der Waals surface area (Å²) in [6.07, 6.45) is 3.66. The number of nitrogens with one attached hydrogen (secondary N) is 1. The number of rotatable bonds is 5. The van der Waals surface area contributed by atoms with Crippen LogP contribution in [0.1, 0.15) is 10.4 Å². The molecule has 2 rings (SSSR count). The lowest BCUT2D eigenvalue weighted by Crippen LogP contribution is -2.38. The fourth-order valence-corrected chi connectivity index (χ4v) is 2.48. The third-order valence-electron chi connectivity index (χ3n) is 2.56. The van der Waals surface area contributed by atoms with Gasteiger partial charge in [-0.15, -0.1) is 11.3 Å². The smallest absolute Gasteiger partial charge is 0.0794 e. The molecule has 1 unspecified atom stereocenters. The van der Waals surface area contributed by atoms with Gasteiger partial charge in [-0.2, -0.15) is 0 Å². The summed E-state index contributed by atoms with van der Waals surface area (Å²) in [4.78, 5) is 5.30. The molecule has 0 saturated carbocycles. The molecule has 0 aliphatic heterocycles. The van der Waals surface area contributed by atoms with E-state index in [0.717, 1.165) is 17.9 Å². The second kappa shape index (κ2) is 6.12. The first-order valence-electron chi connectivity index (χ1n) is 5.36. The fraction of sp³-hybridized carbons (Fsp3) is 0.250. The third-order valence-corrected chi connectivity index (χ3v) is 3.62. The highest BCUT2D eigenvalue weighted by atomic mass is 35.5. The van der Waals surface area contributed by atoms with Crippen LogP contribution >= 0.6 is 22.9 Å². The number of nitrogens with two attached hydrogens (primary N) is 1. The summed E-state index contributed by atoms with van der Waals surface area (Å²) in [6, 6.07) is 8.07. The summed E-state index contributed by atoms with van der Waals surface area (Å²) in [5.41, 5.74) is 5.91. The van der Waals surface area contributed by atoms with Gasteiger partial charge in [0.05, 0.1) is 5.51 Å². The molecule has 2 aromatic rings. The van der Waals surface area contributed by atoms with E-state index in [1.54, 1.807) is 11.3 Å². The van der Waals surface area contributed by atoms with Gasteiger partial charge >= 0.3 is 0 Å². The van der Waals surface area contributed by atoms with E-state index >= 15 is 0 Å². The van der Waals surface area contributed by atoms with Gasteiger partial charge in [-0.1, -0.05) is 23.7 Å². The molecule has 1 heterocycles. The van der Waals surface area contributed by atoms with E-state index in [1.165, 1.54) is 10.4 Å². The maximum atomic E-state index is 5.85. The van der Waals surface area contributed by atoms with Gasteiger partial charge in [0.15, 0.2) is 0 Å². The molecule has 1 aromatic carbocycles. The lowest BCUT2D eigenvalue weighted by atomic mass is 10.0. The number of halogens is 1. The van der Waals surface area contributed by atoms with Crippen LogP contribution in [0.15, 0.2) is 36.0 Å². The first-order valence-corrected chi connectivity index (χ1v) is 6.61. The van der Waals surface area contributed by atoms with Crippen LogP contribution in [0.25, 0.3) is 0 Å². The Morgan fingerprint density at radius 3 is 2.65 bits per heavy atom. The molecule has 1 aromatic heterocycles. The highest BCUT2D eigenvalue weighted by Crippen LogP contribution is 2.14. The number of aromatic nitrogens is 1. The zero-order valence-electron chi connectivity index (χ0n) is 9.27. The molecule has 0 radical (unpaired) electrons. The van der Waals surface area contributed by atoms with Crippen LogP contribution < -0.4 is 11.3 Å². The Bertz CT molecular complexity index is 441. The molecule has 5 heteroatoms. The van der Waals surface area contributed by atoms with Crippen LogP contribution in [0.2, 0.25) is 5.02 Å². The van der Waals surface area contributed by atoms with Gasteiger partial charge in [-0.3, -0.25) is 16.3 Å². The van der Waals surface area contributed by atoms with Gasteiger partial charge in [0.25, 0.3) is 0 Å². The number of hydrogen-bond donors (Lipinski definition) is 2. The zero-order valence-corrected chi connectivity index (χ0v) is 10.8. The van der Waals surface area contributed by atoms with Crippen molar-refractivity contribution in [2.24, 2.45) is 5.84 Å². The summed E-state index contributed by atoms with van der Waals surface area (Å²) < 4.78 is 0. The van der Waals surface area contributed by atoms with Crippen molar-refractivity contribution >= 4 is 22.9 Å². The average molecular weight is 268 g/mol. The molecule has 0 bridgehead atoms. The summed E-state index contributed by atoms with van der Waals surface area (Å²) in [6.45, 7) is 0. The Balaban J connectivity index is 1.97. The average Bonchev–Trinajstić information content (AvgIpc) is 2.84. The maximum absolute atomic E-state index is 5.85. The molecular formula is C12H14ClN3S. The van der Waals surface area contributed by atoms with Gasteiger partial charge in [-0.05, 0) is 24.1 Å². The highest BCUT2D eigenvalue weighted by Gasteiger charge is 2.09. The predicted octanol–water partition coefficient (Wildman–Crippen LogP) is 2.41. The Hall–Kier alpha value is -0.940. The second-order valence-electron chi connectivity index (χ2n) is 3.87. The van der Waals surface area contributed by atoms with Crippen LogP contribution in [0.3, 0.4) is 0 Å². The normalized spacial score (nSPS) is 12.6. The SMILES string of the molecule is NNC(Cc1ccc(Cl)cc1)Cc1cncs1. The Morgan fingerprint density at radius 1 is 1.29 bits per heavy atom. The van der Waals surface area contributed by atoms with Crippen molar-refractivity contribution in [2.75, 3.05) is 0 Å². The highest BCUT2D eigenvalue weighted by molar-refractivity contribution is 7.09. The standard InChI is InChI=1S/C12H14ClN3S/c13-10-3-1-9(2-4-10)5-11(16-14)6-12-7-15-8-17-12/h1-4,7-8,11,16H,5-6,14H2. The van der Waals surface area contributed by atoms with Crippen LogP contribution in [0.5, 0.6) is 0 Å². The van der Waals surface area contributed by atoms with Crippen LogP contribution in [-0.4, -0.2) is 11.0 Å². The van der Waals surface area contributed by atoms with E-state index in [1.807, 2.05) is 36.0 Å². The van der Waals surface area contributed by atoms with E-state index in [0.29, 0.717) is 0 Å². The molecule has 3 N–H and O–H groups in total. The molecule has 0 saturated heterocycles. The van der Waals surface area contributed by atoms with Crippen LogP contribution in [-0.2, 0) is 12.8 Å². The Morgan fingerprint density at radius 2 is 2.06 bits per heavy atom. The van der Waals surface area contributed by atoms with Gasteiger partial charge in [0, 0.05) is 28.6 Å². The lowest BCUT2D eigenvalue weighted by molar-refractivity contribution is 0.525. The first kappa shape index (κ1) is 12.5. The van der Waals surface area contributed by atoms with Crippen molar-refractivity contribution < 1.29 is 0 Å². The van der Waals surface area contributed by atoms with Crippen molar-refractivity contribution in [2.45, 2.75) is 18.9 Å². The van der Waals surface area contributed by atoms with E-state index in [9.17, 15) is 0 Å². The molecule has 90 valence electrons. The minimum absolute atomic E-state index is 0.219. The Kier molecular flexibility index (Phi) is 4.50. The van der Waals surface area contributed by atoms with E-state index in [-0.39, 0.29) is 6.04 Å². The quantitative estimate of drug-likeness (QED) is 0.646. The van der Waals surface area contributed by atoms with Crippen LogP contribution in [0, 0.1) is 0 Å². The minimum Gasteiger partial charge on any atom is -0.271 e. The minimum atomic E-state index is 0.219. The van der Waals surface area contributed by atoms with Gasteiger partial charge in [0.1, 0.15) is 0 Å². The molecule has 0 spiro atoms. The number of thiazole rings is 1. The van der Waals surface area contributed by atoms with Crippen molar-refractivity contribution in [1.29, 1.82) is 0 Å². The van der Waals surface area contributed by atoms with E-state index in [2.05, 4.69) is 10.4 Å². The first-order chi connectivity index (χ1) is 8.28. The van der Waals surface area contributed by atoms with Crippen LogP contribution in [0.4, 0.5) is 0 Å². The number of nitrogens with zero attached hydrogens (tertiary/aromatic N) is 1. The van der Waals surface area contributed by atoms with Crippen molar-refractivity contribution in [1.82, 2.24) is 10.4 Å². The van der Waals surface area contributed by atoms with Gasteiger partial charge in [-0.25, -0.2) is 0 Å². The lowest BCUT2D eigenvalue weighted by Gasteiger charge is -2.14. The zero-order chi connectivity index (χ0) is 12.1. The number of hydrogen-bond acceptors (Lipinski definition) is 4. The Labute approximate surface area is 110 Å². The molecular weight excluding hydrogens is 254 g/mol. The summed E-state index contributed by atoms with van der Waals surface area (Å²) >= 11 is 7.50. The van der Waals surface area contributed by atoms with Crippen molar-refractivity contribution in [3.8, 4) is 0 Å². The largest absolute Gasteiger partial charge is 0.271 e.